The molecule has 0 aliphatic heterocycles. The number of rotatable bonds is 4. The van der Waals surface area contributed by atoms with Crippen molar-refractivity contribution in [1.82, 2.24) is 0 Å². The Morgan fingerprint density at radius 3 is 2.55 bits per heavy atom. The lowest BCUT2D eigenvalue weighted by Gasteiger charge is -2.14. The molecular formula is C15H14Br2FNO. The van der Waals surface area contributed by atoms with E-state index in [1.807, 2.05) is 18.2 Å². The predicted octanol–water partition coefficient (Wildman–Crippen LogP) is 4.60. The van der Waals surface area contributed by atoms with Crippen molar-refractivity contribution >= 4 is 31.9 Å². The van der Waals surface area contributed by atoms with Gasteiger partial charge < -0.3 is 10.5 Å². The van der Waals surface area contributed by atoms with E-state index in [0.717, 1.165) is 15.8 Å². The fourth-order valence-electron chi connectivity index (χ4n) is 2.00. The van der Waals surface area contributed by atoms with Gasteiger partial charge in [-0.25, -0.2) is 4.39 Å². The molecule has 1 unspecified atom stereocenters. The van der Waals surface area contributed by atoms with Crippen molar-refractivity contribution in [3.63, 3.8) is 0 Å². The molecule has 0 radical (unpaired) electrons. The van der Waals surface area contributed by atoms with Crippen LogP contribution in [0.3, 0.4) is 0 Å². The lowest BCUT2D eigenvalue weighted by Crippen LogP contribution is -2.15. The maximum atomic E-state index is 13.9. The van der Waals surface area contributed by atoms with Crippen LogP contribution >= 0.6 is 31.9 Å². The monoisotopic (exact) mass is 401 g/mol. The zero-order valence-corrected chi connectivity index (χ0v) is 14.0. The van der Waals surface area contributed by atoms with Gasteiger partial charge >= 0.3 is 0 Å². The zero-order valence-electron chi connectivity index (χ0n) is 10.9. The lowest BCUT2D eigenvalue weighted by atomic mass is 9.99. The first-order chi connectivity index (χ1) is 9.51. The molecule has 0 aliphatic carbocycles. The van der Waals surface area contributed by atoms with Gasteiger partial charge in [0.05, 0.1) is 11.6 Å². The molecule has 2 nitrogen and oxygen atoms in total. The van der Waals surface area contributed by atoms with E-state index < -0.39 is 0 Å². The van der Waals surface area contributed by atoms with Gasteiger partial charge in [0.15, 0.2) is 0 Å². The molecule has 1 atom stereocenters. The normalized spacial score (nSPS) is 12.2. The number of methoxy groups -OCH3 is 1. The second-order valence-electron chi connectivity index (χ2n) is 4.45. The first-order valence-corrected chi connectivity index (χ1v) is 7.63. The van der Waals surface area contributed by atoms with Crippen molar-refractivity contribution in [3.05, 3.63) is 62.3 Å². The molecule has 0 bridgehead atoms. The van der Waals surface area contributed by atoms with Gasteiger partial charge in [-0.3, -0.25) is 0 Å². The first kappa shape index (κ1) is 15.5. The third-order valence-electron chi connectivity index (χ3n) is 3.03. The molecular weight excluding hydrogens is 389 g/mol. The Bertz CT molecular complexity index is 619. The van der Waals surface area contributed by atoms with Crippen LogP contribution in [0.25, 0.3) is 0 Å². The van der Waals surface area contributed by atoms with E-state index in [4.69, 9.17) is 10.5 Å². The molecule has 0 amide bonds. The minimum Gasteiger partial charge on any atom is -0.496 e. The van der Waals surface area contributed by atoms with Crippen molar-refractivity contribution in [2.45, 2.75) is 12.5 Å². The Morgan fingerprint density at radius 1 is 1.20 bits per heavy atom. The maximum Gasteiger partial charge on any atom is 0.133 e. The number of halogens is 3. The minimum absolute atomic E-state index is 0.292. The van der Waals surface area contributed by atoms with Crippen LogP contribution in [-0.2, 0) is 6.42 Å². The van der Waals surface area contributed by atoms with Gasteiger partial charge in [-0.05, 0) is 52.2 Å². The van der Waals surface area contributed by atoms with Crippen LogP contribution in [0.1, 0.15) is 17.2 Å². The quantitative estimate of drug-likeness (QED) is 0.810. The summed E-state index contributed by atoms with van der Waals surface area (Å²) in [4.78, 5) is 0. The highest BCUT2D eigenvalue weighted by Gasteiger charge is 2.13. The number of hydrogen-bond donors (Lipinski definition) is 1. The van der Waals surface area contributed by atoms with Crippen LogP contribution < -0.4 is 10.5 Å². The van der Waals surface area contributed by atoms with Crippen molar-refractivity contribution in [3.8, 4) is 5.75 Å². The standard InChI is InChI=1S/C15H14Br2FNO/c1-20-15-5-2-9(6-12(15)17)7-14(19)11-4-3-10(16)8-13(11)18/h2-6,8,14H,7,19H2,1H3. The first-order valence-electron chi connectivity index (χ1n) is 6.04. The molecule has 0 spiro atoms. The lowest BCUT2D eigenvalue weighted by molar-refractivity contribution is 0.412. The van der Waals surface area contributed by atoms with Gasteiger partial charge in [0, 0.05) is 16.1 Å². The molecule has 0 saturated heterocycles. The van der Waals surface area contributed by atoms with Gasteiger partial charge in [0.2, 0.25) is 0 Å². The molecule has 106 valence electrons. The topological polar surface area (TPSA) is 35.2 Å². The second kappa shape index (κ2) is 6.70. The fraction of sp³-hybridized carbons (Fsp3) is 0.200. The zero-order chi connectivity index (χ0) is 14.7. The van der Waals surface area contributed by atoms with Crippen LogP contribution in [0.2, 0.25) is 0 Å². The molecule has 2 aromatic rings. The summed E-state index contributed by atoms with van der Waals surface area (Å²) in [6.07, 6.45) is 0.557. The summed E-state index contributed by atoms with van der Waals surface area (Å²) >= 11 is 6.67. The van der Waals surface area contributed by atoms with Crippen molar-refractivity contribution in [2.24, 2.45) is 5.73 Å². The van der Waals surface area contributed by atoms with Crippen LogP contribution in [-0.4, -0.2) is 7.11 Å². The molecule has 20 heavy (non-hydrogen) atoms. The van der Waals surface area contributed by atoms with E-state index in [1.165, 1.54) is 6.07 Å². The van der Waals surface area contributed by atoms with E-state index in [2.05, 4.69) is 31.9 Å². The molecule has 5 heteroatoms. The number of hydrogen-bond acceptors (Lipinski definition) is 2. The second-order valence-corrected chi connectivity index (χ2v) is 6.22. The predicted molar refractivity (Wildman–Crippen MR) is 85.4 cm³/mol. The minimum atomic E-state index is -0.386. The summed E-state index contributed by atoms with van der Waals surface area (Å²) in [5.41, 5.74) is 7.63. The molecule has 2 N–H and O–H groups in total. The molecule has 0 aliphatic rings. The molecule has 2 aromatic carbocycles. The highest BCUT2D eigenvalue weighted by atomic mass is 79.9. The average Bonchev–Trinajstić information content (AvgIpc) is 2.38. The van der Waals surface area contributed by atoms with E-state index >= 15 is 0 Å². The summed E-state index contributed by atoms with van der Waals surface area (Å²) in [5.74, 6) is 0.469. The number of benzene rings is 2. The summed E-state index contributed by atoms with van der Waals surface area (Å²) in [5, 5.41) is 0. The van der Waals surface area contributed by atoms with Crippen molar-refractivity contribution in [1.29, 1.82) is 0 Å². The van der Waals surface area contributed by atoms with E-state index in [0.29, 0.717) is 16.5 Å². The Balaban J connectivity index is 2.18. The van der Waals surface area contributed by atoms with Crippen LogP contribution in [0.15, 0.2) is 45.3 Å². The summed E-state index contributed by atoms with van der Waals surface area (Å²) in [6, 6.07) is 10.3. The molecule has 2 rings (SSSR count). The molecule has 0 saturated carbocycles. The van der Waals surface area contributed by atoms with Crippen molar-refractivity contribution in [2.75, 3.05) is 7.11 Å². The molecule has 0 aromatic heterocycles. The highest BCUT2D eigenvalue weighted by molar-refractivity contribution is 9.10. The van der Waals surface area contributed by atoms with Gasteiger partial charge in [0.25, 0.3) is 0 Å². The largest absolute Gasteiger partial charge is 0.496 e. The van der Waals surface area contributed by atoms with Gasteiger partial charge in [-0.2, -0.15) is 0 Å². The van der Waals surface area contributed by atoms with E-state index in [1.54, 1.807) is 19.2 Å². The third-order valence-corrected chi connectivity index (χ3v) is 4.15. The van der Waals surface area contributed by atoms with E-state index in [-0.39, 0.29) is 11.9 Å². The number of ether oxygens (including phenoxy) is 1. The van der Waals surface area contributed by atoms with E-state index in [9.17, 15) is 4.39 Å². The Morgan fingerprint density at radius 2 is 1.95 bits per heavy atom. The Kier molecular flexibility index (Phi) is 5.18. The SMILES string of the molecule is COc1ccc(CC(N)c2ccc(Br)cc2F)cc1Br. The van der Waals surface area contributed by atoms with Crippen molar-refractivity contribution < 1.29 is 9.13 Å². The third kappa shape index (κ3) is 3.59. The summed E-state index contributed by atoms with van der Waals surface area (Å²) in [6.45, 7) is 0. The van der Waals surface area contributed by atoms with Crippen LogP contribution in [0, 0.1) is 5.82 Å². The number of nitrogens with two attached hydrogens (primary N) is 1. The van der Waals surface area contributed by atoms with Crippen LogP contribution in [0.5, 0.6) is 5.75 Å². The maximum absolute atomic E-state index is 13.9. The smallest absolute Gasteiger partial charge is 0.133 e. The Hall–Kier alpha value is -0.910. The molecule has 0 heterocycles. The Labute approximate surface area is 134 Å². The molecule has 0 fully saturated rings. The summed E-state index contributed by atoms with van der Waals surface area (Å²) < 4.78 is 20.6. The average molecular weight is 403 g/mol. The van der Waals surface area contributed by atoms with Crippen LogP contribution in [0.4, 0.5) is 4.39 Å². The highest BCUT2D eigenvalue weighted by Crippen LogP contribution is 2.28. The van der Waals surface area contributed by atoms with Gasteiger partial charge in [-0.1, -0.05) is 28.1 Å². The fourth-order valence-corrected chi connectivity index (χ4v) is 2.92. The van der Waals surface area contributed by atoms with Gasteiger partial charge in [0.1, 0.15) is 11.6 Å². The van der Waals surface area contributed by atoms with Gasteiger partial charge in [-0.15, -0.1) is 0 Å². The summed E-state index contributed by atoms with van der Waals surface area (Å²) in [7, 11) is 1.61.